The van der Waals surface area contributed by atoms with E-state index in [-0.39, 0.29) is 5.91 Å². The topological polar surface area (TPSA) is 42.4 Å². The van der Waals surface area contributed by atoms with Crippen molar-refractivity contribution in [2.24, 2.45) is 0 Å². The van der Waals surface area contributed by atoms with Crippen molar-refractivity contribution in [3.8, 4) is 5.75 Å². The number of hydrogen-bond donors (Lipinski definition) is 0. The zero-order valence-electron chi connectivity index (χ0n) is 14.6. The molecular weight excluding hydrogens is 344 g/mol. The summed E-state index contributed by atoms with van der Waals surface area (Å²) in [6.07, 6.45) is 1.72. The van der Waals surface area contributed by atoms with Crippen LogP contribution in [-0.2, 0) is 6.61 Å². The highest BCUT2D eigenvalue weighted by molar-refractivity contribution is 7.09. The maximum atomic E-state index is 13.0. The summed E-state index contributed by atoms with van der Waals surface area (Å²) >= 11 is 1.59. The van der Waals surface area contributed by atoms with E-state index in [4.69, 9.17) is 4.74 Å². The first kappa shape index (κ1) is 17.9. The molecule has 4 nitrogen and oxygen atoms in total. The summed E-state index contributed by atoms with van der Waals surface area (Å²) in [4.78, 5) is 19.1. The van der Waals surface area contributed by atoms with Crippen molar-refractivity contribution in [2.45, 2.75) is 13.5 Å². The Balaban J connectivity index is 1.77. The Bertz CT molecular complexity index is 890. The number of carbonyl (C=O) groups is 1. The molecule has 5 heteroatoms. The van der Waals surface area contributed by atoms with Crippen LogP contribution in [-0.4, -0.2) is 17.4 Å². The van der Waals surface area contributed by atoms with Gasteiger partial charge in [0.2, 0.25) is 0 Å². The molecule has 0 saturated carbocycles. The fourth-order valence-corrected chi connectivity index (χ4v) is 3.15. The molecule has 26 heavy (non-hydrogen) atoms. The van der Waals surface area contributed by atoms with Gasteiger partial charge in [-0.15, -0.1) is 17.9 Å². The monoisotopic (exact) mass is 364 g/mol. The highest BCUT2D eigenvalue weighted by Gasteiger charge is 2.17. The van der Waals surface area contributed by atoms with Crippen molar-refractivity contribution in [3.63, 3.8) is 0 Å². The number of hydrogen-bond acceptors (Lipinski definition) is 4. The molecule has 0 aliphatic rings. The van der Waals surface area contributed by atoms with Crippen LogP contribution in [0.4, 0.5) is 5.69 Å². The first-order valence-corrected chi connectivity index (χ1v) is 9.17. The van der Waals surface area contributed by atoms with Gasteiger partial charge in [-0.1, -0.05) is 30.3 Å². The number of aryl methyl sites for hydroxylation is 1. The Morgan fingerprint density at radius 1 is 1.23 bits per heavy atom. The smallest absolute Gasteiger partial charge is 0.258 e. The lowest BCUT2D eigenvalue weighted by Crippen LogP contribution is -2.30. The summed E-state index contributed by atoms with van der Waals surface area (Å²) in [5.74, 6) is 0.555. The molecule has 1 amide bonds. The van der Waals surface area contributed by atoms with Crippen LogP contribution in [0.2, 0.25) is 0 Å². The molecule has 1 heterocycles. The summed E-state index contributed by atoms with van der Waals surface area (Å²) in [7, 11) is 0. The molecular formula is C21H20N2O2S. The number of thiazole rings is 1. The number of carbonyl (C=O) groups excluding carboxylic acids is 1. The highest BCUT2D eigenvalue weighted by atomic mass is 32.1. The molecule has 2 aromatic carbocycles. The number of nitrogens with zero attached hydrogens (tertiary/aromatic N) is 2. The van der Waals surface area contributed by atoms with Crippen LogP contribution >= 0.6 is 11.3 Å². The van der Waals surface area contributed by atoms with Crippen molar-refractivity contribution >= 4 is 22.9 Å². The SMILES string of the molecule is C=CCN(C(=O)c1cccc(OCc2csc(C)n2)c1)c1ccccc1. The maximum absolute atomic E-state index is 13.0. The normalized spacial score (nSPS) is 10.3. The maximum Gasteiger partial charge on any atom is 0.258 e. The molecule has 132 valence electrons. The summed E-state index contributed by atoms with van der Waals surface area (Å²) < 4.78 is 5.79. The van der Waals surface area contributed by atoms with E-state index in [9.17, 15) is 4.79 Å². The van der Waals surface area contributed by atoms with Gasteiger partial charge in [-0.3, -0.25) is 4.79 Å². The average molecular weight is 364 g/mol. The summed E-state index contributed by atoms with van der Waals surface area (Å²) in [5, 5.41) is 2.99. The molecule has 0 radical (unpaired) electrons. The molecule has 0 aliphatic carbocycles. The Morgan fingerprint density at radius 3 is 2.73 bits per heavy atom. The number of aromatic nitrogens is 1. The first-order chi connectivity index (χ1) is 12.7. The Morgan fingerprint density at radius 2 is 2.04 bits per heavy atom. The third-order valence-corrected chi connectivity index (χ3v) is 4.58. The molecule has 0 N–H and O–H groups in total. The van der Waals surface area contributed by atoms with Gasteiger partial charge in [-0.25, -0.2) is 4.98 Å². The Labute approximate surface area is 157 Å². The van der Waals surface area contributed by atoms with E-state index in [2.05, 4.69) is 11.6 Å². The molecule has 0 saturated heterocycles. The average Bonchev–Trinajstić information content (AvgIpc) is 3.10. The minimum absolute atomic E-state index is 0.0916. The quantitative estimate of drug-likeness (QED) is 0.562. The van der Waals surface area contributed by atoms with Crippen molar-refractivity contribution in [1.29, 1.82) is 0 Å². The van der Waals surface area contributed by atoms with E-state index in [1.165, 1.54) is 0 Å². The van der Waals surface area contributed by atoms with Crippen LogP contribution in [0.3, 0.4) is 0 Å². The number of benzene rings is 2. The van der Waals surface area contributed by atoms with Crippen molar-refractivity contribution in [1.82, 2.24) is 4.98 Å². The zero-order chi connectivity index (χ0) is 18.4. The molecule has 1 aromatic heterocycles. The van der Waals surface area contributed by atoms with Gasteiger partial charge in [0.25, 0.3) is 5.91 Å². The fourth-order valence-electron chi connectivity index (χ4n) is 2.55. The van der Waals surface area contributed by atoms with Crippen LogP contribution in [0.1, 0.15) is 21.1 Å². The van der Waals surface area contributed by atoms with E-state index in [1.54, 1.807) is 34.4 Å². The van der Waals surface area contributed by atoms with E-state index in [1.807, 2.05) is 54.8 Å². The van der Waals surface area contributed by atoms with Crippen molar-refractivity contribution < 1.29 is 9.53 Å². The van der Waals surface area contributed by atoms with Gasteiger partial charge in [-0.2, -0.15) is 0 Å². The molecule has 3 aromatic rings. The third kappa shape index (κ3) is 4.37. The lowest BCUT2D eigenvalue weighted by molar-refractivity contribution is 0.0989. The van der Waals surface area contributed by atoms with Crippen LogP contribution < -0.4 is 9.64 Å². The Kier molecular flexibility index (Phi) is 5.81. The van der Waals surface area contributed by atoms with Gasteiger partial charge in [0, 0.05) is 23.2 Å². The molecule has 3 rings (SSSR count). The van der Waals surface area contributed by atoms with Gasteiger partial charge in [0.05, 0.1) is 10.7 Å². The lowest BCUT2D eigenvalue weighted by Gasteiger charge is -2.21. The van der Waals surface area contributed by atoms with E-state index >= 15 is 0 Å². The van der Waals surface area contributed by atoms with E-state index in [0.717, 1.165) is 16.4 Å². The third-order valence-electron chi connectivity index (χ3n) is 3.76. The number of anilines is 1. The van der Waals surface area contributed by atoms with Crippen molar-refractivity contribution in [2.75, 3.05) is 11.4 Å². The second-order valence-corrected chi connectivity index (χ2v) is 6.78. The molecule has 0 fully saturated rings. The fraction of sp³-hybridized carbons (Fsp3) is 0.143. The van der Waals surface area contributed by atoms with Crippen molar-refractivity contribution in [3.05, 3.63) is 88.9 Å². The zero-order valence-corrected chi connectivity index (χ0v) is 15.4. The second kappa shape index (κ2) is 8.45. The molecule has 0 atom stereocenters. The second-order valence-electron chi connectivity index (χ2n) is 5.71. The summed E-state index contributed by atoms with van der Waals surface area (Å²) in [6.45, 7) is 6.55. The van der Waals surface area contributed by atoms with Gasteiger partial charge in [-0.05, 0) is 37.3 Å². The highest BCUT2D eigenvalue weighted by Crippen LogP contribution is 2.21. The van der Waals surface area contributed by atoms with Crippen LogP contribution in [0.25, 0.3) is 0 Å². The van der Waals surface area contributed by atoms with E-state index in [0.29, 0.717) is 24.5 Å². The number of ether oxygens (including phenoxy) is 1. The molecule has 0 bridgehead atoms. The van der Waals surface area contributed by atoms with Gasteiger partial charge in [0.15, 0.2) is 0 Å². The van der Waals surface area contributed by atoms with Gasteiger partial charge in [0.1, 0.15) is 12.4 Å². The largest absolute Gasteiger partial charge is 0.487 e. The number of rotatable bonds is 7. The lowest BCUT2D eigenvalue weighted by atomic mass is 10.1. The standard InChI is InChI=1S/C21H20N2O2S/c1-3-12-23(19-9-5-4-6-10-19)21(24)17-8-7-11-20(13-17)25-14-18-15-26-16(2)22-18/h3-11,13,15H,1,12,14H2,2H3. The number of para-hydroxylation sites is 1. The van der Waals surface area contributed by atoms with Crippen LogP contribution in [0, 0.1) is 6.92 Å². The predicted molar refractivity (Wildman–Crippen MR) is 106 cm³/mol. The summed E-state index contributed by atoms with van der Waals surface area (Å²) in [5.41, 5.74) is 2.30. The number of amides is 1. The molecule has 0 aliphatic heterocycles. The first-order valence-electron chi connectivity index (χ1n) is 8.29. The minimum Gasteiger partial charge on any atom is -0.487 e. The van der Waals surface area contributed by atoms with Crippen LogP contribution in [0.5, 0.6) is 5.75 Å². The molecule has 0 unspecified atom stereocenters. The summed E-state index contributed by atoms with van der Waals surface area (Å²) in [6, 6.07) is 16.8. The minimum atomic E-state index is -0.0916. The van der Waals surface area contributed by atoms with E-state index < -0.39 is 0 Å². The van der Waals surface area contributed by atoms with Crippen LogP contribution in [0.15, 0.2) is 72.6 Å². The van der Waals surface area contributed by atoms with Gasteiger partial charge >= 0.3 is 0 Å². The Hall–Kier alpha value is -2.92. The predicted octanol–water partition coefficient (Wildman–Crippen LogP) is 4.86. The van der Waals surface area contributed by atoms with Gasteiger partial charge < -0.3 is 9.64 Å². The molecule has 0 spiro atoms.